The molecule has 30 heavy (non-hydrogen) atoms. The molecular weight excluding hydrogens is 534 g/mol. The van der Waals surface area contributed by atoms with Gasteiger partial charge in [0.1, 0.15) is 0 Å². The van der Waals surface area contributed by atoms with Gasteiger partial charge in [-0.1, -0.05) is 73.8 Å². The van der Waals surface area contributed by atoms with Crippen molar-refractivity contribution >= 4 is 60.8 Å². The number of halogens is 3. The maximum Gasteiger partial charge on any atom is 0.264 e. The number of amides is 1. The highest BCUT2D eigenvalue weighted by Gasteiger charge is 2.51. The summed E-state index contributed by atoms with van der Waals surface area (Å²) in [5, 5.41) is 12.0. The summed E-state index contributed by atoms with van der Waals surface area (Å²) in [6, 6.07) is 19.3. The second-order valence-electron chi connectivity index (χ2n) is 7.11. The molecule has 4 rings (SSSR count). The first-order chi connectivity index (χ1) is 14.3. The van der Waals surface area contributed by atoms with Gasteiger partial charge in [-0.15, -0.1) is 0 Å². The van der Waals surface area contributed by atoms with Crippen molar-refractivity contribution in [3.05, 3.63) is 97.4 Å². The van der Waals surface area contributed by atoms with Crippen molar-refractivity contribution in [3.63, 3.8) is 0 Å². The average molecular weight is 550 g/mol. The predicted octanol–water partition coefficient (Wildman–Crippen LogP) is 5.87. The topological polar surface area (TPSA) is 57.6 Å². The van der Waals surface area contributed by atoms with Gasteiger partial charge in [0.05, 0.1) is 18.7 Å². The van der Waals surface area contributed by atoms with Gasteiger partial charge in [-0.05, 0) is 42.0 Å². The maximum atomic E-state index is 13.4. The van der Waals surface area contributed by atoms with Crippen LogP contribution in [0.25, 0.3) is 0 Å². The molecule has 1 amide bonds. The number of nitrogens with zero attached hydrogens (tertiary/aromatic N) is 1. The predicted molar refractivity (Wildman–Crippen MR) is 124 cm³/mol. The Balaban J connectivity index is 1.72. The van der Waals surface area contributed by atoms with Crippen molar-refractivity contribution in [2.24, 2.45) is 0 Å². The number of hydrogen-bond acceptors (Lipinski definition) is 3. The largest absolute Gasteiger partial charge is 0.375 e. The average Bonchev–Trinajstić information content (AvgIpc) is 2.91. The number of benzene rings is 3. The molecule has 1 aliphatic rings. The van der Waals surface area contributed by atoms with E-state index < -0.39 is 11.5 Å². The summed E-state index contributed by atoms with van der Waals surface area (Å²) in [4.78, 5) is 27.8. The van der Waals surface area contributed by atoms with Crippen LogP contribution < -0.4 is 4.90 Å². The molecular formula is C23H16Br2ClNO3. The number of anilines is 1. The number of hydrogen-bond donors (Lipinski definition) is 1. The third-order valence-corrected chi connectivity index (χ3v) is 6.55. The number of fused-ring (bicyclic) bond motifs is 1. The number of carbonyl (C=O) groups excluding carboxylic acids is 2. The molecule has 0 bridgehead atoms. The van der Waals surface area contributed by atoms with Gasteiger partial charge in [-0.2, -0.15) is 0 Å². The van der Waals surface area contributed by atoms with E-state index in [-0.39, 0.29) is 18.7 Å². The van der Waals surface area contributed by atoms with Gasteiger partial charge >= 0.3 is 0 Å². The Bertz CT molecular complexity index is 1150. The monoisotopic (exact) mass is 547 g/mol. The normalized spacial score (nSPS) is 17.9. The van der Waals surface area contributed by atoms with Crippen LogP contribution in [0.15, 0.2) is 75.7 Å². The SMILES string of the molecule is O=C(CC1(O)C(=O)N(Cc2ccccc2Cl)c2ccc(Br)cc21)c1ccc(Br)cc1. The molecule has 0 saturated heterocycles. The molecule has 1 unspecified atom stereocenters. The smallest absolute Gasteiger partial charge is 0.264 e. The van der Waals surface area contributed by atoms with Crippen molar-refractivity contribution in [2.75, 3.05) is 4.90 Å². The lowest BCUT2D eigenvalue weighted by Gasteiger charge is -2.23. The molecule has 0 fully saturated rings. The molecule has 3 aromatic rings. The highest BCUT2D eigenvalue weighted by Crippen LogP contribution is 2.45. The summed E-state index contributed by atoms with van der Waals surface area (Å²) in [5.41, 5.74) is 0.198. The van der Waals surface area contributed by atoms with E-state index in [4.69, 9.17) is 11.6 Å². The molecule has 0 radical (unpaired) electrons. The lowest BCUT2D eigenvalue weighted by Crippen LogP contribution is -2.41. The molecule has 0 aromatic heterocycles. The first kappa shape index (κ1) is 21.2. The summed E-state index contributed by atoms with van der Waals surface area (Å²) in [6.07, 6.45) is -0.351. The molecule has 152 valence electrons. The molecule has 0 aliphatic carbocycles. The van der Waals surface area contributed by atoms with Crippen molar-refractivity contribution in [2.45, 2.75) is 18.6 Å². The molecule has 1 aliphatic heterocycles. The van der Waals surface area contributed by atoms with Gasteiger partial charge in [0.25, 0.3) is 5.91 Å². The third-order valence-electron chi connectivity index (χ3n) is 5.16. The van der Waals surface area contributed by atoms with E-state index in [1.165, 1.54) is 4.90 Å². The van der Waals surface area contributed by atoms with Crippen LogP contribution >= 0.6 is 43.5 Å². The minimum absolute atomic E-state index is 0.196. The zero-order valence-electron chi connectivity index (χ0n) is 15.6. The van der Waals surface area contributed by atoms with Crippen molar-refractivity contribution in [1.82, 2.24) is 0 Å². The Kier molecular flexibility index (Phi) is 5.86. The Morgan fingerprint density at radius 2 is 1.67 bits per heavy atom. The number of rotatable bonds is 5. The van der Waals surface area contributed by atoms with Crippen molar-refractivity contribution < 1.29 is 14.7 Å². The fourth-order valence-corrected chi connectivity index (χ4v) is 4.44. The summed E-state index contributed by atoms with van der Waals surface area (Å²) < 4.78 is 1.55. The Hall–Kier alpha value is -1.99. The highest BCUT2D eigenvalue weighted by atomic mass is 79.9. The second kappa shape index (κ2) is 8.27. The molecule has 0 spiro atoms. The zero-order chi connectivity index (χ0) is 21.5. The minimum Gasteiger partial charge on any atom is -0.375 e. The standard InChI is InChI=1S/C23H16Br2ClNO3/c24-16-7-5-14(6-8-16)21(28)12-23(30)18-11-17(25)9-10-20(18)27(22(23)29)13-15-3-1-2-4-19(15)26/h1-11,30H,12-13H2. The molecule has 1 heterocycles. The van der Waals surface area contributed by atoms with Crippen molar-refractivity contribution in [1.29, 1.82) is 0 Å². The highest BCUT2D eigenvalue weighted by molar-refractivity contribution is 9.10. The van der Waals surface area contributed by atoms with Gasteiger partial charge in [-0.25, -0.2) is 0 Å². The lowest BCUT2D eigenvalue weighted by molar-refractivity contribution is -0.136. The Labute approximate surface area is 195 Å². The number of carbonyl (C=O) groups is 2. The molecule has 7 heteroatoms. The van der Waals surface area contributed by atoms with Crippen LogP contribution in [0.1, 0.15) is 27.9 Å². The summed E-state index contributed by atoms with van der Waals surface area (Å²) in [5.74, 6) is -0.857. The minimum atomic E-state index is -1.95. The van der Waals surface area contributed by atoms with Gasteiger partial charge in [0.15, 0.2) is 11.4 Å². The third kappa shape index (κ3) is 3.85. The number of ketones is 1. The summed E-state index contributed by atoms with van der Waals surface area (Å²) >= 11 is 13.0. The number of aliphatic hydroxyl groups is 1. The van der Waals surface area contributed by atoms with Crippen molar-refractivity contribution in [3.8, 4) is 0 Å². The first-order valence-corrected chi connectivity index (χ1v) is 11.1. The molecule has 4 nitrogen and oxygen atoms in total. The fraction of sp³-hybridized carbons (Fsp3) is 0.130. The van der Waals surface area contributed by atoms with E-state index in [0.717, 1.165) is 10.0 Å². The maximum absolute atomic E-state index is 13.4. The van der Waals surface area contributed by atoms with Crippen LogP contribution in [0.2, 0.25) is 5.02 Å². The number of Topliss-reactive ketones (excluding diaryl/α,β-unsaturated/α-hetero) is 1. The Morgan fingerprint density at radius 1 is 1.00 bits per heavy atom. The molecule has 1 atom stereocenters. The summed E-state index contributed by atoms with van der Waals surface area (Å²) in [7, 11) is 0. The van der Waals surface area contributed by atoms with E-state index in [1.54, 1.807) is 48.5 Å². The van der Waals surface area contributed by atoms with Gasteiger partial charge < -0.3 is 10.0 Å². The van der Waals surface area contributed by atoms with Gasteiger partial charge in [-0.3, -0.25) is 9.59 Å². The van der Waals surface area contributed by atoms with Crippen LogP contribution in [0.4, 0.5) is 5.69 Å². The lowest BCUT2D eigenvalue weighted by atomic mass is 9.88. The van der Waals surface area contributed by atoms with Crippen LogP contribution in [0, 0.1) is 0 Å². The van der Waals surface area contributed by atoms with Gasteiger partial charge in [0, 0.05) is 25.1 Å². The quantitative estimate of drug-likeness (QED) is 0.405. The molecule has 0 saturated carbocycles. The van der Waals surface area contributed by atoms with Crippen LogP contribution in [0.5, 0.6) is 0 Å². The van der Waals surface area contributed by atoms with Crippen LogP contribution in [0.3, 0.4) is 0 Å². The van der Waals surface area contributed by atoms with Crippen LogP contribution in [-0.2, 0) is 16.9 Å². The van der Waals surface area contributed by atoms with E-state index in [1.807, 2.05) is 18.2 Å². The van der Waals surface area contributed by atoms with Crippen LogP contribution in [-0.4, -0.2) is 16.8 Å². The second-order valence-corrected chi connectivity index (χ2v) is 9.35. The Morgan fingerprint density at radius 3 is 2.37 bits per heavy atom. The molecule has 1 N–H and O–H groups in total. The van der Waals surface area contributed by atoms with E-state index >= 15 is 0 Å². The summed E-state index contributed by atoms with van der Waals surface area (Å²) in [6.45, 7) is 0.196. The fourth-order valence-electron chi connectivity index (χ4n) is 3.62. The molecule has 3 aromatic carbocycles. The zero-order valence-corrected chi connectivity index (χ0v) is 19.5. The van der Waals surface area contributed by atoms with E-state index in [0.29, 0.717) is 26.3 Å². The first-order valence-electron chi connectivity index (χ1n) is 9.16. The van der Waals surface area contributed by atoms with E-state index in [2.05, 4.69) is 31.9 Å². The van der Waals surface area contributed by atoms with Gasteiger partial charge in [0.2, 0.25) is 0 Å². The van der Waals surface area contributed by atoms with E-state index in [9.17, 15) is 14.7 Å².